The summed E-state index contributed by atoms with van der Waals surface area (Å²) < 4.78 is 0. The van der Waals surface area contributed by atoms with Crippen LogP contribution in [0.2, 0.25) is 0 Å². The molecule has 5 heteroatoms. The lowest BCUT2D eigenvalue weighted by Crippen LogP contribution is -2.28. The van der Waals surface area contributed by atoms with Gasteiger partial charge in [0, 0.05) is 35.8 Å². The predicted octanol–water partition coefficient (Wildman–Crippen LogP) is 3.40. The molecule has 0 amide bonds. The number of hydrogen-bond donors (Lipinski definition) is 1. The zero-order chi connectivity index (χ0) is 15.4. The summed E-state index contributed by atoms with van der Waals surface area (Å²) in [7, 11) is 2.18. The third-order valence-corrected chi connectivity index (χ3v) is 5.33. The van der Waals surface area contributed by atoms with Crippen LogP contribution in [0.25, 0.3) is 0 Å². The lowest BCUT2D eigenvalue weighted by Gasteiger charge is -2.25. The van der Waals surface area contributed by atoms with Gasteiger partial charge in [0.25, 0.3) is 0 Å². The maximum absolute atomic E-state index is 4.10. The summed E-state index contributed by atoms with van der Waals surface area (Å²) in [5.74, 6) is 0. The number of aromatic amines is 1. The molecule has 0 atom stereocenters. The van der Waals surface area contributed by atoms with E-state index in [4.69, 9.17) is 0 Å². The molecule has 1 fully saturated rings. The van der Waals surface area contributed by atoms with Crippen molar-refractivity contribution in [1.29, 1.82) is 0 Å². The number of likely N-dealkylation sites (tertiary alicyclic amines) is 1. The lowest BCUT2D eigenvalue weighted by atomic mass is 10.1. The summed E-state index contributed by atoms with van der Waals surface area (Å²) in [6, 6.07) is 2.39. The number of thiophene rings is 1. The van der Waals surface area contributed by atoms with Gasteiger partial charge in [-0.3, -0.25) is 14.9 Å². The van der Waals surface area contributed by atoms with Crippen LogP contribution in [0, 0.1) is 6.92 Å². The Morgan fingerprint density at radius 3 is 2.82 bits per heavy atom. The molecule has 2 aromatic rings. The number of nitrogens with one attached hydrogen (secondary N) is 1. The van der Waals surface area contributed by atoms with Gasteiger partial charge in [0.2, 0.25) is 0 Å². The molecule has 120 valence electrons. The largest absolute Gasteiger partial charge is 0.299 e. The number of H-pyrrole nitrogens is 1. The van der Waals surface area contributed by atoms with E-state index in [0.29, 0.717) is 0 Å². The SMILES string of the molecule is Cc1[nH]ncc1CN(C)Cc1cc(CN2CCCCC2)cs1. The lowest BCUT2D eigenvalue weighted by molar-refractivity contribution is 0.221. The third kappa shape index (κ3) is 4.18. The molecule has 0 aliphatic carbocycles. The van der Waals surface area contributed by atoms with Crippen LogP contribution in [-0.4, -0.2) is 40.1 Å². The van der Waals surface area contributed by atoms with Gasteiger partial charge in [-0.25, -0.2) is 0 Å². The highest BCUT2D eigenvalue weighted by atomic mass is 32.1. The highest BCUT2D eigenvalue weighted by molar-refractivity contribution is 7.10. The van der Waals surface area contributed by atoms with Crippen molar-refractivity contribution in [2.24, 2.45) is 0 Å². The van der Waals surface area contributed by atoms with Crippen LogP contribution in [0.4, 0.5) is 0 Å². The monoisotopic (exact) mass is 318 g/mol. The summed E-state index contributed by atoms with van der Waals surface area (Å²) in [6.45, 7) is 7.70. The van der Waals surface area contributed by atoms with E-state index in [2.05, 4.69) is 45.4 Å². The van der Waals surface area contributed by atoms with Crippen LogP contribution in [0.1, 0.15) is 41.0 Å². The van der Waals surface area contributed by atoms with Crippen molar-refractivity contribution < 1.29 is 0 Å². The van der Waals surface area contributed by atoms with Gasteiger partial charge in [-0.15, -0.1) is 11.3 Å². The van der Waals surface area contributed by atoms with Crippen molar-refractivity contribution in [3.63, 3.8) is 0 Å². The number of aromatic nitrogens is 2. The number of hydrogen-bond acceptors (Lipinski definition) is 4. The molecule has 3 rings (SSSR count). The average molecular weight is 318 g/mol. The molecule has 22 heavy (non-hydrogen) atoms. The highest BCUT2D eigenvalue weighted by Crippen LogP contribution is 2.20. The maximum Gasteiger partial charge on any atom is 0.0535 e. The Balaban J connectivity index is 1.51. The topological polar surface area (TPSA) is 35.2 Å². The minimum atomic E-state index is 0.946. The first-order chi connectivity index (χ1) is 10.7. The molecule has 2 aromatic heterocycles. The smallest absolute Gasteiger partial charge is 0.0535 e. The minimum Gasteiger partial charge on any atom is -0.299 e. The van der Waals surface area contributed by atoms with Gasteiger partial charge in [-0.05, 0) is 56.9 Å². The first-order valence-electron chi connectivity index (χ1n) is 8.17. The Labute approximate surface area is 137 Å². The Morgan fingerprint density at radius 2 is 2.09 bits per heavy atom. The van der Waals surface area contributed by atoms with Crippen molar-refractivity contribution >= 4 is 11.3 Å². The van der Waals surface area contributed by atoms with Crippen LogP contribution in [0.5, 0.6) is 0 Å². The summed E-state index contributed by atoms with van der Waals surface area (Å²) >= 11 is 1.89. The molecule has 0 aromatic carbocycles. The van der Waals surface area contributed by atoms with E-state index in [-0.39, 0.29) is 0 Å². The van der Waals surface area contributed by atoms with E-state index in [0.717, 1.165) is 19.6 Å². The van der Waals surface area contributed by atoms with Crippen molar-refractivity contribution in [3.8, 4) is 0 Å². The van der Waals surface area contributed by atoms with Crippen molar-refractivity contribution in [2.75, 3.05) is 20.1 Å². The van der Waals surface area contributed by atoms with E-state index in [1.807, 2.05) is 17.5 Å². The highest BCUT2D eigenvalue weighted by Gasteiger charge is 2.12. The Morgan fingerprint density at radius 1 is 1.27 bits per heavy atom. The molecule has 0 saturated carbocycles. The molecule has 3 heterocycles. The van der Waals surface area contributed by atoms with Crippen molar-refractivity contribution in [2.45, 2.75) is 45.8 Å². The fourth-order valence-electron chi connectivity index (χ4n) is 3.12. The first-order valence-corrected chi connectivity index (χ1v) is 9.04. The molecule has 0 bridgehead atoms. The molecule has 1 saturated heterocycles. The second-order valence-corrected chi connectivity index (χ2v) is 7.45. The molecule has 0 radical (unpaired) electrons. The van der Waals surface area contributed by atoms with Crippen molar-refractivity contribution in [3.05, 3.63) is 39.3 Å². The molecular formula is C17H26N4S. The fourth-order valence-corrected chi connectivity index (χ4v) is 4.08. The number of piperidine rings is 1. The summed E-state index contributed by atoms with van der Waals surface area (Å²) in [5, 5.41) is 9.44. The van der Waals surface area contributed by atoms with Gasteiger partial charge in [0.05, 0.1) is 6.20 Å². The molecule has 0 spiro atoms. The molecule has 1 aliphatic rings. The predicted molar refractivity (Wildman–Crippen MR) is 91.9 cm³/mol. The second kappa shape index (κ2) is 7.40. The molecule has 1 aliphatic heterocycles. The van der Waals surface area contributed by atoms with E-state index in [1.165, 1.54) is 54.0 Å². The average Bonchev–Trinajstić information content (AvgIpc) is 3.10. The van der Waals surface area contributed by atoms with Crippen LogP contribution in [0.3, 0.4) is 0 Å². The number of nitrogens with zero attached hydrogens (tertiary/aromatic N) is 3. The Hall–Kier alpha value is -1.17. The normalized spacial score (nSPS) is 16.5. The van der Waals surface area contributed by atoms with Crippen LogP contribution in [0.15, 0.2) is 17.6 Å². The standard InChI is InChI=1S/C17H26N4S/c1-14-16(9-18-19-14)11-20(2)12-17-8-15(13-22-17)10-21-6-4-3-5-7-21/h8-9,13H,3-7,10-12H2,1-2H3,(H,18,19). The van der Waals surface area contributed by atoms with Gasteiger partial charge in [-0.2, -0.15) is 5.10 Å². The number of rotatable bonds is 6. The van der Waals surface area contributed by atoms with E-state index >= 15 is 0 Å². The number of aryl methyl sites for hydroxylation is 1. The van der Waals surface area contributed by atoms with Gasteiger partial charge in [0.15, 0.2) is 0 Å². The Bertz CT molecular complexity index is 583. The van der Waals surface area contributed by atoms with E-state index in [9.17, 15) is 0 Å². The third-order valence-electron chi connectivity index (χ3n) is 4.36. The summed E-state index contributed by atoms with van der Waals surface area (Å²) in [4.78, 5) is 6.40. The molecule has 4 nitrogen and oxygen atoms in total. The zero-order valence-corrected chi connectivity index (χ0v) is 14.5. The van der Waals surface area contributed by atoms with Crippen molar-refractivity contribution in [1.82, 2.24) is 20.0 Å². The second-order valence-electron chi connectivity index (χ2n) is 6.45. The van der Waals surface area contributed by atoms with Gasteiger partial charge in [-0.1, -0.05) is 6.42 Å². The van der Waals surface area contributed by atoms with Gasteiger partial charge >= 0.3 is 0 Å². The van der Waals surface area contributed by atoms with E-state index in [1.54, 1.807) is 0 Å². The fraction of sp³-hybridized carbons (Fsp3) is 0.588. The summed E-state index contributed by atoms with van der Waals surface area (Å²) in [6.07, 6.45) is 6.07. The minimum absolute atomic E-state index is 0.946. The molecule has 1 N–H and O–H groups in total. The van der Waals surface area contributed by atoms with E-state index < -0.39 is 0 Å². The molecule has 0 unspecified atom stereocenters. The van der Waals surface area contributed by atoms with Crippen LogP contribution in [-0.2, 0) is 19.6 Å². The quantitative estimate of drug-likeness (QED) is 0.886. The zero-order valence-electron chi connectivity index (χ0n) is 13.6. The maximum atomic E-state index is 4.10. The Kier molecular flexibility index (Phi) is 5.28. The van der Waals surface area contributed by atoms with Crippen LogP contribution >= 0.6 is 11.3 Å². The van der Waals surface area contributed by atoms with Gasteiger partial charge in [0.1, 0.15) is 0 Å². The first kappa shape index (κ1) is 15.7. The molecular weight excluding hydrogens is 292 g/mol. The summed E-state index contributed by atoms with van der Waals surface area (Å²) in [5.41, 5.74) is 3.94. The van der Waals surface area contributed by atoms with Gasteiger partial charge < -0.3 is 0 Å². The van der Waals surface area contributed by atoms with Crippen LogP contribution < -0.4 is 0 Å².